The molecule has 0 bridgehead atoms. The lowest BCUT2D eigenvalue weighted by molar-refractivity contribution is 0.570. The zero-order valence-electron chi connectivity index (χ0n) is 8.13. The normalized spacial score (nSPS) is 19.3. The van der Waals surface area contributed by atoms with Crippen molar-refractivity contribution in [2.75, 3.05) is 22.3 Å². The predicted molar refractivity (Wildman–Crippen MR) is 61.4 cm³/mol. The average Bonchev–Trinajstić information content (AvgIpc) is 2.15. The molecule has 1 heterocycles. The number of benzene rings is 1. The van der Waals surface area contributed by atoms with Gasteiger partial charge in [0.05, 0.1) is 17.1 Å². The molecule has 0 saturated carbocycles. The molecule has 1 aromatic carbocycles. The van der Waals surface area contributed by atoms with Gasteiger partial charge in [0.2, 0.25) is 0 Å². The smallest absolute Gasteiger partial charge is 0.259 e. The van der Waals surface area contributed by atoms with Gasteiger partial charge in [0.25, 0.3) is 11.3 Å². The monoisotopic (exact) mass is 262 g/mol. The van der Waals surface area contributed by atoms with Crippen molar-refractivity contribution in [3.63, 3.8) is 0 Å². The molecule has 0 aromatic heterocycles. The summed E-state index contributed by atoms with van der Waals surface area (Å²) in [6, 6.07) is 4.69. The summed E-state index contributed by atoms with van der Waals surface area (Å²) in [5.41, 5.74) is 0.604. The average molecular weight is 262 g/mol. The Hall–Kier alpha value is -1.12. The van der Waals surface area contributed by atoms with Crippen LogP contribution >= 0.6 is 0 Å². The number of hydrogen-bond acceptors (Lipinski definition) is 4. The van der Waals surface area contributed by atoms with Gasteiger partial charge < -0.3 is 5.32 Å². The van der Waals surface area contributed by atoms with E-state index in [1.165, 1.54) is 6.07 Å². The molecule has 0 spiro atoms. The van der Waals surface area contributed by atoms with Crippen molar-refractivity contribution in [2.24, 2.45) is 0 Å². The largest absolute Gasteiger partial charge is 0.383 e. The van der Waals surface area contributed by atoms with Crippen LogP contribution in [-0.4, -0.2) is 29.5 Å². The Morgan fingerprint density at radius 1 is 1.44 bits per heavy atom. The van der Waals surface area contributed by atoms with Crippen LogP contribution in [0.25, 0.3) is 0 Å². The van der Waals surface area contributed by atoms with Crippen LogP contribution in [0.1, 0.15) is 0 Å². The molecule has 1 unspecified atom stereocenters. The molecular formula is C8H10N2O4S2. The number of fused-ring (bicyclic) bond motifs is 1. The maximum atomic E-state index is 11.8. The third kappa shape index (κ3) is 2.04. The molecule has 16 heavy (non-hydrogen) atoms. The lowest BCUT2D eigenvalue weighted by atomic mass is 10.3. The molecule has 2 rings (SSSR count). The first-order chi connectivity index (χ1) is 7.50. The Balaban J connectivity index is 2.60. The van der Waals surface area contributed by atoms with Crippen molar-refractivity contribution in [3.8, 4) is 0 Å². The van der Waals surface area contributed by atoms with Crippen LogP contribution in [0.4, 0.5) is 11.4 Å². The molecule has 0 radical (unpaired) electrons. The van der Waals surface area contributed by atoms with Crippen LogP contribution in [0.5, 0.6) is 0 Å². The second-order valence-corrected chi connectivity index (χ2v) is 6.03. The molecule has 6 nitrogen and oxygen atoms in total. The van der Waals surface area contributed by atoms with E-state index in [1.54, 1.807) is 12.1 Å². The fraction of sp³-hybridized carbons (Fsp3) is 0.250. The highest BCUT2D eigenvalue weighted by Gasteiger charge is 2.26. The second kappa shape index (κ2) is 4.04. The molecule has 0 amide bonds. The molecule has 8 heteroatoms. The van der Waals surface area contributed by atoms with Crippen LogP contribution in [0.3, 0.4) is 0 Å². The molecule has 1 aromatic rings. The molecule has 88 valence electrons. The van der Waals surface area contributed by atoms with Gasteiger partial charge in [-0.15, -0.1) is 0 Å². The van der Waals surface area contributed by atoms with E-state index in [9.17, 15) is 12.6 Å². The summed E-state index contributed by atoms with van der Waals surface area (Å²) in [7, 11) is -3.39. The molecular weight excluding hydrogens is 252 g/mol. The summed E-state index contributed by atoms with van der Waals surface area (Å²) in [5, 5.41) is 2.93. The first kappa shape index (κ1) is 11.4. The summed E-state index contributed by atoms with van der Waals surface area (Å²) >= 11 is -2.29. The Morgan fingerprint density at radius 2 is 2.19 bits per heavy atom. The van der Waals surface area contributed by atoms with Gasteiger partial charge in [-0.3, -0.25) is 9.27 Å². The van der Waals surface area contributed by atoms with Gasteiger partial charge in [0.1, 0.15) is 4.90 Å². The van der Waals surface area contributed by atoms with Gasteiger partial charge in [0.15, 0.2) is 9.84 Å². The minimum absolute atomic E-state index is 0.0171. The van der Waals surface area contributed by atoms with Crippen molar-refractivity contribution >= 4 is 32.5 Å². The Bertz CT molecular complexity index is 541. The van der Waals surface area contributed by atoms with Crippen LogP contribution in [0, 0.1) is 0 Å². The Labute approximate surface area is 95.4 Å². The first-order valence-corrected chi connectivity index (χ1v) is 7.24. The molecule has 1 aliphatic heterocycles. The van der Waals surface area contributed by atoms with E-state index in [-0.39, 0.29) is 16.3 Å². The van der Waals surface area contributed by atoms with Crippen LogP contribution in [0.15, 0.2) is 23.1 Å². The highest BCUT2D eigenvalue weighted by Crippen LogP contribution is 2.33. The second-order valence-electron chi connectivity index (χ2n) is 3.28. The van der Waals surface area contributed by atoms with E-state index >= 15 is 0 Å². The topological polar surface area (TPSA) is 95.5 Å². The van der Waals surface area contributed by atoms with Crippen molar-refractivity contribution in [3.05, 3.63) is 18.2 Å². The number of sulfone groups is 1. The summed E-state index contributed by atoms with van der Waals surface area (Å²) < 4.78 is 45.2. The van der Waals surface area contributed by atoms with Gasteiger partial charge in [0, 0.05) is 6.54 Å². The summed E-state index contributed by atoms with van der Waals surface area (Å²) in [6.07, 6.45) is 0. The van der Waals surface area contributed by atoms with Gasteiger partial charge in [-0.05, 0) is 12.1 Å². The van der Waals surface area contributed by atoms with Crippen LogP contribution in [0.2, 0.25) is 0 Å². The third-order valence-corrected chi connectivity index (χ3v) is 4.41. The van der Waals surface area contributed by atoms with E-state index in [0.717, 1.165) is 0 Å². The number of anilines is 2. The fourth-order valence-electron chi connectivity index (χ4n) is 1.61. The standard InChI is InChI=1S/C8H10N2O4S2/c11-15(12)10-7-3-1-2-6-8(7)16(13,14)5-4-9-6/h1-3,9-10H,4-5H2,(H,11,12). The van der Waals surface area contributed by atoms with Crippen molar-refractivity contribution in [1.82, 2.24) is 0 Å². The van der Waals surface area contributed by atoms with Gasteiger partial charge >= 0.3 is 0 Å². The van der Waals surface area contributed by atoms with E-state index in [4.69, 9.17) is 4.55 Å². The maximum absolute atomic E-state index is 11.8. The minimum atomic E-state index is -3.39. The summed E-state index contributed by atoms with van der Waals surface area (Å²) in [4.78, 5) is 0.0589. The number of rotatable bonds is 2. The highest BCUT2D eigenvalue weighted by molar-refractivity contribution is 7.92. The van der Waals surface area contributed by atoms with Crippen LogP contribution in [-0.2, 0) is 21.1 Å². The molecule has 3 N–H and O–H groups in total. The van der Waals surface area contributed by atoms with E-state index in [2.05, 4.69) is 10.0 Å². The molecule has 1 atom stereocenters. The minimum Gasteiger partial charge on any atom is -0.383 e. The zero-order chi connectivity index (χ0) is 11.8. The highest BCUT2D eigenvalue weighted by atomic mass is 32.2. The third-order valence-electron chi connectivity index (χ3n) is 2.21. The van der Waals surface area contributed by atoms with Gasteiger partial charge in [-0.25, -0.2) is 12.6 Å². The van der Waals surface area contributed by atoms with Gasteiger partial charge in [-0.2, -0.15) is 0 Å². The predicted octanol–water partition coefficient (Wildman–Crippen LogP) is 0.434. The van der Waals surface area contributed by atoms with Crippen molar-refractivity contribution in [2.45, 2.75) is 4.90 Å². The van der Waals surface area contributed by atoms with E-state index in [0.29, 0.717) is 12.2 Å². The molecule has 0 fully saturated rings. The van der Waals surface area contributed by atoms with Gasteiger partial charge in [-0.1, -0.05) is 6.07 Å². The van der Waals surface area contributed by atoms with Crippen LogP contribution < -0.4 is 10.0 Å². The van der Waals surface area contributed by atoms with E-state index < -0.39 is 21.1 Å². The molecule has 1 aliphatic rings. The maximum Gasteiger partial charge on any atom is 0.259 e. The van der Waals surface area contributed by atoms with E-state index in [1.807, 2.05) is 0 Å². The lowest BCUT2D eigenvalue weighted by Crippen LogP contribution is -2.24. The summed E-state index contributed by atoms with van der Waals surface area (Å²) in [5.74, 6) is -0.0171. The van der Waals surface area contributed by atoms with Crippen molar-refractivity contribution < 1.29 is 17.2 Å². The van der Waals surface area contributed by atoms with Crippen molar-refractivity contribution in [1.29, 1.82) is 0 Å². The summed E-state index contributed by atoms with van der Waals surface area (Å²) in [6.45, 7) is 0.348. The molecule has 0 aliphatic carbocycles. The first-order valence-electron chi connectivity index (χ1n) is 4.48. The number of nitrogens with one attached hydrogen (secondary N) is 2. The molecule has 0 saturated heterocycles. The quantitative estimate of drug-likeness (QED) is 0.672. The fourth-order valence-corrected chi connectivity index (χ4v) is 3.54. The Kier molecular flexibility index (Phi) is 2.87. The number of hydrogen-bond donors (Lipinski definition) is 3. The zero-order valence-corrected chi connectivity index (χ0v) is 9.77. The lowest BCUT2D eigenvalue weighted by Gasteiger charge is -2.20. The Morgan fingerprint density at radius 3 is 2.88 bits per heavy atom. The SMILES string of the molecule is O=S(O)Nc1cccc2c1S(=O)(=O)CCN2.